The van der Waals surface area contributed by atoms with Crippen LogP contribution in [0.5, 0.6) is 0 Å². The molecule has 0 spiro atoms. The fourth-order valence-corrected chi connectivity index (χ4v) is 0.724. The molecule has 1 N–H and O–H groups in total. The summed E-state index contributed by atoms with van der Waals surface area (Å²) in [6.07, 6.45) is 0.0336. The molecule has 0 aliphatic carbocycles. The van der Waals surface area contributed by atoms with Crippen molar-refractivity contribution >= 4 is 10.1 Å². The SMILES string of the molecule is O=S(=O)([O-])CCCO.[K+]. The summed E-state index contributed by atoms with van der Waals surface area (Å²) >= 11 is 0. The summed E-state index contributed by atoms with van der Waals surface area (Å²) in [6, 6.07) is 0. The maximum Gasteiger partial charge on any atom is 1.00 e. The van der Waals surface area contributed by atoms with Crippen LogP contribution < -0.4 is 51.4 Å². The fourth-order valence-electron chi connectivity index (χ4n) is 0.241. The van der Waals surface area contributed by atoms with Crippen LogP contribution in [0.25, 0.3) is 0 Å². The summed E-state index contributed by atoms with van der Waals surface area (Å²) in [4.78, 5) is 0. The molecule has 9 heavy (non-hydrogen) atoms. The molecule has 0 heterocycles. The van der Waals surface area contributed by atoms with Crippen LogP contribution in [0.2, 0.25) is 0 Å². The minimum atomic E-state index is -4.10. The minimum absolute atomic E-state index is 0. The van der Waals surface area contributed by atoms with E-state index in [0.29, 0.717) is 0 Å². The summed E-state index contributed by atoms with van der Waals surface area (Å²) in [5.41, 5.74) is 0. The van der Waals surface area contributed by atoms with Crippen LogP contribution in [0.15, 0.2) is 0 Å². The predicted octanol–water partition coefficient (Wildman–Crippen LogP) is -4.08. The zero-order valence-corrected chi connectivity index (χ0v) is 9.14. The van der Waals surface area contributed by atoms with Crippen LogP contribution in [0, 0.1) is 0 Å². The standard InChI is InChI=1S/C3H8O4S.K/c4-2-1-3-8(5,6)7;/h4H,1-3H2,(H,5,6,7);/q;+1/p-1. The first-order chi connectivity index (χ1) is 3.56. The summed E-state index contributed by atoms with van der Waals surface area (Å²) in [6.45, 7) is -0.249. The summed E-state index contributed by atoms with van der Waals surface area (Å²) in [5, 5.41) is 8.03. The first-order valence-electron chi connectivity index (χ1n) is 2.10. The van der Waals surface area contributed by atoms with Crippen molar-refractivity contribution < 1.29 is 69.5 Å². The smallest absolute Gasteiger partial charge is 0.748 e. The van der Waals surface area contributed by atoms with E-state index in [1.807, 2.05) is 0 Å². The largest absolute Gasteiger partial charge is 1.00 e. The van der Waals surface area contributed by atoms with Gasteiger partial charge in [-0.3, -0.25) is 0 Å². The summed E-state index contributed by atoms with van der Waals surface area (Å²) in [5.74, 6) is -0.469. The number of aliphatic hydroxyl groups is 1. The molecule has 0 fully saturated rings. The fraction of sp³-hybridized carbons (Fsp3) is 1.00. The van der Waals surface area contributed by atoms with Gasteiger partial charge in [0, 0.05) is 12.4 Å². The van der Waals surface area contributed by atoms with Gasteiger partial charge in [-0.15, -0.1) is 0 Å². The van der Waals surface area contributed by atoms with E-state index in [4.69, 9.17) is 5.11 Å². The van der Waals surface area contributed by atoms with E-state index in [-0.39, 0.29) is 64.4 Å². The van der Waals surface area contributed by atoms with E-state index >= 15 is 0 Å². The Morgan fingerprint density at radius 3 is 2.00 bits per heavy atom. The maximum absolute atomic E-state index is 9.72. The Balaban J connectivity index is 0. The van der Waals surface area contributed by atoms with Crippen molar-refractivity contribution in [2.24, 2.45) is 0 Å². The average Bonchev–Trinajstić information content (AvgIpc) is 1.59. The van der Waals surface area contributed by atoms with E-state index in [1.54, 1.807) is 0 Å². The van der Waals surface area contributed by atoms with Crippen molar-refractivity contribution in [2.45, 2.75) is 6.42 Å². The third kappa shape index (κ3) is 12.7. The van der Waals surface area contributed by atoms with Crippen molar-refractivity contribution in [1.82, 2.24) is 0 Å². The molecule has 0 atom stereocenters. The monoisotopic (exact) mass is 178 g/mol. The molecule has 6 heteroatoms. The molecule has 0 aliphatic rings. The van der Waals surface area contributed by atoms with Crippen LogP contribution in [0.1, 0.15) is 6.42 Å². The van der Waals surface area contributed by atoms with E-state index in [2.05, 4.69) is 0 Å². The quantitative estimate of drug-likeness (QED) is 0.352. The molecule has 0 aliphatic heterocycles. The zero-order valence-electron chi connectivity index (χ0n) is 5.20. The second-order valence-electron chi connectivity index (χ2n) is 1.34. The molecule has 0 bridgehead atoms. The number of hydrogen-bond acceptors (Lipinski definition) is 4. The maximum atomic E-state index is 9.72. The average molecular weight is 178 g/mol. The van der Waals surface area contributed by atoms with E-state index < -0.39 is 15.9 Å². The van der Waals surface area contributed by atoms with Gasteiger partial charge in [-0.25, -0.2) is 8.42 Å². The molecular formula is C3H7KO4S. The molecule has 0 aromatic rings. The number of aliphatic hydroxyl groups excluding tert-OH is 1. The van der Waals surface area contributed by atoms with E-state index in [1.165, 1.54) is 0 Å². The molecule has 0 saturated heterocycles. The minimum Gasteiger partial charge on any atom is -0.748 e. The van der Waals surface area contributed by atoms with Gasteiger partial charge in [0.25, 0.3) is 0 Å². The Bertz CT molecular complexity index is 140. The van der Waals surface area contributed by atoms with Crippen molar-refractivity contribution in [2.75, 3.05) is 12.4 Å². The van der Waals surface area contributed by atoms with Gasteiger partial charge < -0.3 is 9.66 Å². The van der Waals surface area contributed by atoms with Crippen molar-refractivity contribution in [3.8, 4) is 0 Å². The van der Waals surface area contributed by atoms with E-state index in [9.17, 15) is 13.0 Å². The molecule has 4 nitrogen and oxygen atoms in total. The molecular weight excluding hydrogens is 171 g/mol. The van der Waals surface area contributed by atoms with Gasteiger partial charge in [0.1, 0.15) is 0 Å². The van der Waals surface area contributed by atoms with Crippen LogP contribution in [0.3, 0.4) is 0 Å². The zero-order chi connectivity index (χ0) is 6.62. The van der Waals surface area contributed by atoms with Crippen LogP contribution in [0.4, 0.5) is 0 Å². The second kappa shape index (κ2) is 6.23. The molecule has 0 unspecified atom stereocenters. The topological polar surface area (TPSA) is 77.4 Å². The third-order valence-corrected chi connectivity index (χ3v) is 1.34. The Hall–Kier alpha value is 1.51. The molecule has 0 radical (unpaired) electrons. The molecule has 0 aromatic carbocycles. The Kier molecular flexibility index (Phi) is 9.09. The van der Waals surface area contributed by atoms with Gasteiger partial charge in [0.2, 0.25) is 0 Å². The van der Waals surface area contributed by atoms with Gasteiger partial charge in [-0.2, -0.15) is 0 Å². The predicted molar refractivity (Wildman–Crippen MR) is 26.3 cm³/mol. The number of hydrogen-bond donors (Lipinski definition) is 1. The Morgan fingerprint density at radius 2 is 1.89 bits per heavy atom. The van der Waals surface area contributed by atoms with Gasteiger partial charge >= 0.3 is 51.4 Å². The second-order valence-corrected chi connectivity index (χ2v) is 2.86. The van der Waals surface area contributed by atoms with E-state index in [0.717, 1.165) is 0 Å². The van der Waals surface area contributed by atoms with Crippen molar-refractivity contribution in [3.05, 3.63) is 0 Å². The molecule has 0 amide bonds. The molecule has 50 valence electrons. The first kappa shape index (κ1) is 13.1. The molecule has 0 rings (SSSR count). The van der Waals surface area contributed by atoms with Crippen molar-refractivity contribution in [1.29, 1.82) is 0 Å². The van der Waals surface area contributed by atoms with Crippen LogP contribution >= 0.6 is 0 Å². The Morgan fingerprint density at radius 1 is 1.44 bits per heavy atom. The molecule has 0 aromatic heterocycles. The normalized spacial score (nSPS) is 10.4. The first-order valence-corrected chi connectivity index (χ1v) is 3.68. The summed E-state index contributed by atoms with van der Waals surface area (Å²) < 4.78 is 29.2. The summed E-state index contributed by atoms with van der Waals surface area (Å²) in [7, 11) is -4.10. The third-order valence-electron chi connectivity index (χ3n) is 0.552. The van der Waals surface area contributed by atoms with Gasteiger partial charge in [0.15, 0.2) is 0 Å². The Labute approximate surface area is 96.8 Å². The van der Waals surface area contributed by atoms with Gasteiger partial charge in [-0.1, -0.05) is 0 Å². The molecule has 0 saturated carbocycles. The number of rotatable bonds is 3. The van der Waals surface area contributed by atoms with Crippen LogP contribution in [-0.2, 0) is 10.1 Å². The van der Waals surface area contributed by atoms with Crippen LogP contribution in [-0.4, -0.2) is 30.4 Å². The van der Waals surface area contributed by atoms with Gasteiger partial charge in [0.05, 0.1) is 10.1 Å². The van der Waals surface area contributed by atoms with Crippen molar-refractivity contribution in [3.63, 3.8) is 0 Å². The van der Waals surface area contributed by atoms with Gasteiger partial charge in [-0.05, 0) is 6.42 Å².